The van der Waals surface area contributed by atoms with Crippen LogP contribution in [0.25, 0.3) is 0 Å². The molecule has 0 spiro atoms. The SMILES string of the molecule is CCNC(=NCc1ccccc1CN1CCOCC1)NCCN(C)CC.I. The number of morpholine rings is 1. The smallest absolute Gasteiger partial charge is 0.191 e. The summed E-state index contributed by atoms with van der Waals surface area (Å²) in [5, 5.41) is 6.77. The van der Waals surface area contributed by atoms with Gasteiger partial charge in [-0.3, -0.25) is 4.90 Å². The van der Waals surface area contributed by atoms with Crippen LogP contribution in [0.5, 0.6) is 0 Å². The average molecular weight is 489 g/mol. The highest BCUT2D eigenvalue weighted by Gasteiger charge is 2.12. The zero-order valence-electron chi connectivity index (χ0n) is 17.0. The van der Waals surface area contributed by atoms with Crippen LogP contribution in [-0.2, 0) is 17.8 Å². The number of benzene rings is 1. The molecule has 27 heavy (non-hydrogen) atoms. The van der Waals surface area contributed by atoms with E-state index in [0.29, 0.717) is 6.54 Å². The van der Waals surface area contributed by atoms with Crippen LogP contribution in [-0.4, -0.2) is 75.3 Å². The van der Waals surface area contributed by atoms with E-state index < -0.39 is 0 Å². The van der Waals surface area contributed by atoms with Gasteiger partial charge in [0.15, 0.2) is 5.96 Å². The van der Waals surface area contributed by atoms with Gasteiger partial charge in [-0.1, -0.05) is 31.2 Å². The maximum absolute atomic E-state index is 5.45. The van der Waals surface area contributed by atoms with Gasteiger partial charge in [-0.25, -0.2) is 4.99 Å². The lowest BCUT2D eigenvalue weighted by molar-refractivity contribution is 0.0341. The summed E-state index contributed by atoms with van der Waals surface area (Å²) in [6.07, 6.45) is 0. The molecule has 1 aliphatic rings. The Labute approximate surface area is 181 Å². The molecule has 7 heteroatoms. The maximum atomic E-state index is 5.45. The monoisotopic (exact) mass is 489 g/mol. The third kappa shape index (κ3) is 9.23. The highest BCUT2D eigenvalue weighted by molar-refractivity contribution is 14.0. The van der Waals surface area contributed by atoms with Crippen molar-refractivity contribution in [2.75, 3.05) is 59.5 Å². The van der Waals surface area contributed by atoms with E-state index in [1.54, 1.807) is 0 Å². The number of halogens is 1. The number of rotatable bonds is 9. The van der Waals surface area contributed by atoms with Gasteiger partial charge in [-0.05, 0) is 31.6 Å². The Morgan fingerprint density at radius 2 is 1.85 bits per heavy atom. The number of nitrogens with zero attached hydrogens (tertiary/aromatic N) is 3. The van der Waals surface area contributed by atoms with Gasteiger partial charge in [-0.15, -0.1) is 24.0 Å². The number of ether oxygens (including phenoxy) is 1. The van der Waals surface area contributed by atoms with Crippen molar-refractivity contribution in [3.8, 4) is 0 Å². The lowest BCUT2D eigenvalue weighted by Crippen LogP contribution is -2.41. The van der Waals surface area contributed by atoms with Crippen molar-refractivity contribution < 1.29 is 4.74 Å². The molecule has 1 aromatic rings. The summed E-state index contributed by atoms with van der Waals surface area (Å²) in [6.45, 7) is 13.4. The molecule has 0 unspecified atom stereocenters. The molecule has 154 valence electrons. The van der Waals surface area contributed by atoms with Crippen molar-refractivity contribution in [3.63, 3.8) is 0 Å². The number of aliphatic imine (C=N–C) groups is 1. The Morgan fingerprint density at radius 1 is 1.15 bits per heavy atom. The summed E-state index contributed by atoms with van der Waals surface area (Å²) in [7, 11) is 2.13. The lowest BCUT2D eigenvalue weighted by Gasteiger charge is -2.27. The highest BCUT2D eigenvalue weighted by Crippen LogP contribution is 2.14. The number of nitrogens with one attached hydrogen (secondary N) is 2. The highest BCUT2D eigenvalue weighted by atomic mass is 127. The molecule has 0 bridgehead atoms. The Hall–Kier alpha value is -0.900. The van der Waals surface area contributed by atoms with E-state index in [0.717, 1.165) is 65.0 Å². The molecule has 0 atom stereocenters. The summed E-state index contributed by atoms with van der Waals surface area (Å²) in [6, 6.07) is 8.63. The second-order valence-corrected chi connectivity index (χ2v) is 6.68. The molecule has 2 N–H and O–H groups in total. The summed E-state index contributed by atoms with van der Waals surface area (Å²) in [5.41, 5.74) is 2.65. The summed E-state index contributed by atoms with van der Waals surface area (Å²) >= 11 is 0. The van der Waals surface area contributed by atoms with Gasteiger partial charge in [0.05, 0.1) is 19.8 Å². The molecule has 1 aliphatic heterocycles. The molecule has 0 radical (unpaired) electrons. The van der Waals surface area contributed by atoms with Crippen LogP contribution in [0.3, 0.4) is 0 Å². The summed E-state index contributed by atoms with van der Waals surface area (Å²) in [5.74, 6) is 0.887. The quantitative estimate of drug-likeness (QED) is 0.317. The predicted molar refractivity (Wildman–Crippen MR) is 124 cm³/mol. The largest absolute Gasteiger partial charge is 0.379 e. The van der Waals surface area contributed by atoms with Crippen LogP contribution in [0.1, 0.15) is 25.0 Å². The van der Waals surface area contributed by atoms with Crippen LogP contribution < -0.4 is 10.6 Å². The van der Waals surface area contributed by atoms with Crippen molar-refractivity contribution in [3.05, 3.63) is 35.4 Å². The molecule has 6 nitrogen and oxygen atoms in total. The molecule has 2 rings (SSSR count). The molecule has 1 saturated heterocycles. The van der Waals surface area contributed by atoms with Gasteiger partial charge < -0.3 is 20.3 Å². The van der Waals surface area contributed by atoms with Crippen LogP contribution in [0.4, 0.5) is 0 Å². The van der Waals surface area contributed by atoms with Gasteiger partial charge in [0, 0.05) is 39.3 Å². The molecular formula is C20H36IN5O. The topological polar surface area (TPSA) is 52.1 Å². The van der Waals surface area contributed by atoms with E-state index in [4.69, 9.17) is 9.73 Å². The zero-order valence-corrected chi connectivity index (χ0v) is 19.4. The van der Waals surface area contributed by atoms with E-state index in [9.17, 15) is 0 Å². The first-order valence-corrected chi connectivity index (χ1v) is 9.80. The normalized spacial score (nSPS) is 15.5. The van der Waals surface area contributed by atoms with Crippen LogP contribution >= 0.6 is 24.0 Å². The molecule has 1 heterocycles. The van der Waals surface area contributed by atoms with Gasteiger partial charge in [0.2, 0.25) is 0 Å². The molecule has 0 amide bonds. The van der Waals surface area contributed by atoms with Gasteiger partial charge in [0.25, 0.3) is 0 Å². The molecule has 1 aromatic carbocycles. The minimum absolute atomic E-state index is 0. The van der Waals surface area contributed by atoms with Gasteiger partial charge in [-0.2, -0.15) is 0 Å². The summed E-state index contributed by atoms with van der Waals surface area (Å²) in [4.78, 5) is 9.53. The molecule has 1 fully saturated rings. The fourth-order valence-corrected chi connectivity index (χ4v) is 2.90. The van der Waals surface area contributed by atoms with E-state index in [-0.39, 0.29) is 24.0 Å². The van der Waals surface area contributed by atoms with Crippen molar-refractivity contribution in [1.82, 2.24) is 20.4 Å². The minimum atomic E-state index is 0. The van der Waals surface area contributed by atoms with Crippen LogP contribution in [0, 0.1) is 0 Å². The standard InChI is InChI=1S/C20H35N5O.HI/c1-4-21-20(22-10-11-24(3)5-2)23-16-18-8-6-7-9-19(18)17-25-12-14-26-15-13-25;/h6-9H,4-5,10-17H2,1-3H3,(H2,21,22,23);1H. The third-order valence-electron chi connectivity index (χ3n) is 4.69. The fourth-order valence-electron chi connectivity index (χ4n) is 2.90. The van der Waals surface area contributed by atoms with Crippen molar-refractivity contribution in [2.24, 2.45) is 4.99 Å². The van der Waals surface area contributed by atoms with Crippen molar-refractivity contribution in [1.29, 1.82) is 0 Å². The zero-order chi connectivity index (χ0) is 18.6. The predicted octanol–water partition coefficient (Wildman–Crippen LogP) is 2.14. The maximum Gasteiger partial charge on any atom is 0.191 e. The first-order chi connectivity index (χ1) is 12.7. The number of likely N-dealkylation sites (N-methyl/N-ethyl adjacent to an activating group) is 1. The van der Waals surface area contributed by atoms with Gasteiger partial charge >= 0.3 is 0 Å². The number of hydrogen-bond acceptors (Lipinski definition) is 4. The second-order valence-electron chi connectivity index (χ2n) is 6.68. The minimum Gasteiger partial charge on any atom is -0.379 e. The number of hydrogen-bond donors (Lipinski definition) is 2. The molecular weight excluding hydrogens is 453 g/mol. The van der Waals surface area contributed by atoms with Gasteiger partial charge in [0.1, 0.15) is 0 Å². The molecule has 0 saturated carbocycles. The molecule has 0 aliphatic carbocycles. The Bertz CT molecular complexity index is 549. The Kier molecular flexibility index (Phi) is 12.6. The van der Waals surface area contributed by atoms with E-state index in [2.05, 4.69) is 65.6 Å². The average Bonchev–Trinajstić information content (AvgIpc) is 2.67. The number of guanidine groups is 1. The first kappa shape index (κ1) is 24.1. The second kappa shape index (κ2) is 14.1. The lowest BCUT2D eigenvalue weighted by atomic mass is 10.1. The van der Waals surface area contributed by atoms with E-state index in [1.807, 2.05) is 0 Å². The van der Waals surface area contributed by atoms with Crippen molar-refractivity contribution in [2.45, 2.75) is 26.9 Å². The molecule has 0 aromatic heterocycles. The van der Waals surface area contributed by atoms with Crippen LogP contribution in [0.2, 0.25) is 0 Å². The van der Waals surface area contributed by atoms with E-state index >= 15 is 0 Å². The fraction of sp³-hybridized carbons (Fsp3) is 0.650. The first-order valence-electron chi connectivity index (χ1n) is 9.80. The Morgan fingerprint density at radius 3 is 2.52 bits per heavy atom. The summed E-state index contributed by atoms with van der Waals surface area (Å²) < 4.78 is 5.45. The van der Waals surface area contributed by atoms with Crippen LogP contribution in [0.15, 0.2) is 29.3 Å². The van der Waals surface area contributed by atoms with Crippen molar-refractivity contribution >= 4 is 29.9 Å². The Balaban J connectivity index is 0.00000364. The third-order valence-corrected chi connectivity index (χ3v) is 4.69. The van der Waals surface area contributed by atoms with E-state index in [1.165, 1.54) is 11.1 Å².